The number of aromatic nitrogens is 3. The fourth-order valence-corrected chi connectivity index (χ4v) is 7.02. The summed E-state index contributed by atoms with van der Waals surface area (Å²) in [6.45, 7) is 6.21. The van der Waals surface area contributed by atoms with E-state index >= 15 is 4.39 Å². The molecule has 1 atom stereocenters. The smallest absolute Gasteiger partial charge is 0.226 e. The van der Waals surface area contributed by atoms with Crippen LogP contribution in [0.2, 0.25) is 0 Å². The molecular weight excluding hydrogens is 522 g/mol. The number of piperazine rings is 1. The summed E-state index contributed by atoms with van der Waals surface area (Å²) in [6, 6.07) is 2.46. The van der Waals surface area contributed by atoms with E-state index < -0.39 is 11.6 Å². The number of nitrogens with two attached hydrogens (primary N) is 1. The largest absolute Gasteiger partial charge is 0.389 e. The minimum absolute atomic E-state index is 0.0968. The minimum Gasteiger partial charge on any atom is -0.389 e. The predicted molar refractivity (Wildman–Crippen MR) is 145 cm³/mol. The number of benzene rings is 1. The lowest BCUT2D eigenvalue weighted by molar-refractivity contribution is 0.120. The molecule has 3 aliphatic heterocycles. The Morgan fingerprint density at radius 1 is 1.10 bits per heavy atom. The maximum atomic E-state index is 16.5. The standard InChI is InChI=1S/C27H26F2N8OS/c1-35-4-6-36(7-5-35)14-2-3-37(11-14)27-33-9-16-17-12-38-13-18(17)20(22(29)23(16)34-27)24-21-15(8-30)26(31)39-25(21)19(28)10-32-24/h9-10,14H,2-7,11-13,31H2,1H3/t14-/m0/s1. The molecule has 0 unspecified atom stereocenters. The Bertz CT molecular complexity index is 1680. The zero-order valence-electron chi connectivity index (χ0n) is 21.4. The van der Waals surface area contributed by atoms with Gasteiger partial charge in [0.2, 0.25) is 5.95 Å². The molecule has 2 fully saturated rings. The maximum absolute atomic E-state index is 16.5. The number of hydrogen-bond donors (Lipinski definition) is 1. The van der Waals surface area contributed by atoms with E-state index in [9.17, 15) is 9.65 Å². The van der Waals surface area contributed by atoms with Gasteiger partial charge < -0.3 is 20.3 Å². The van der Waals surface area contributed by atoms with Crippen LogP contribution in [0, 0.1) is 23.0 Å². The average molecular weight is 549 g/mol. The van der Waals surface area contributed by atoms with Crippen molar-refractivity contribution in [3.05, 3.63) is 40.7 Å². The van der Waals surface area contributed by atoms with Crippen molar-refractivity contribution < 1.29 is 13.5 Å². The molecule has 0 amide bonds. The van der Waals surface area contributed by atoms with Gasteiger partial charge in [0.05, 0.1) is 35.4 Å². The summed E-state index contributed by atoms with van der Waals surface area (Å²) < 4.78 is 37.1. The van der Waals surface area contributed by atoms with Crippen molar-refractivity contribution in [3.8, 4) is 17.3 Å². The van der Waals surface area contributed by atoms with Crippen molar-refractivity contribution in [3.63, 3.8) is 0 Å². The van der Waals surface area contributed by atoms with E-state index in [0.717, 1.165) is 68.8 Å². The molecule has 3 aliphatic rings. The van der Waals surface area contributed by atoms with Crippen LogP contribution in [0.15, 0.2) is 12.4 Å². The molecule has 2 N–H and O–H groups in total. The van der Waals surface area contributed by atoms with Gasteiger partial charge in [-0.3, -0.25) is 9.88 Å². The van der Waals surface area contributed by atoms with E-state index in [2.05, 4.69) is 31.7 Å². The highest BCUT2D eigenvalue weighted by atomic mass is 32.1. The van der Waals surface area contributed by atoms with Gasteiger partial charge in [0.1, 0.15) is 16.6 Å². The second-order valence-corrected chi connectivity index (χ2v) is 11.5. The number of nitrogens with zero attached hydrogens (tertiary/aromatic N) is 7. The van der Waals surface area contributed by atoms with Crippen molar-refractivity contribution in [2.24, 2.45) is 0 Å². The molecular formula is C27H26F2N8OS. The van der Waals surface area contributed by atoms with Gasteiger partial charge in [0.25, 0.3) is 0 Å². The van der Waals surface area contributed by atoms with Crippen LogP contribution in [0.5, 0.6) is 0 Å². The Kier molecular flexibility index (Phi) is 5.85. The molecule has 12 heteroatoms. The summed E-state index contributed by atoms with van der Waals surface area (Å²) in [6.07, 6.45) is 3.73. The van der Waals surface area contributed by atoms with E-state index in [1.807, 2.05) is 6.07 Å². The van der Waals surface area contributed by atoms with E-state index in [0.29, 0.717) is 22.9 Å². The van der Waals surface area contributed by atoms with Crippen LogP contribution in [-0.2, 0) is 18.0 Å². The first-order chi connectivity index (χ1) is 18.9. The highest BCUT2D eigenvalue weighted by molar-refractivity contribution is 7.23. The number of thiophene rings is 1. The molecule has 9 nitrogen and oxygen atoms in total. The Labute approximate surface area is 227 Å². The number of ether oxygens (including phenoxy) is 1. The first-order valence-electron chi connectivity index (χ1n) is 13.0. The van der Waals surface area contributed by atoms with Crippen LogP contribution in [0.4, 0.5) is 19.7 Å². The molecule has 0 spiro atoms. The number of anilines is 2. The van der Waals surface area contributed by atoms with Crippen molar-refractivity contribution >= 4 is 43.3 Å². The minimum atomic E-state index is -0.602. The van der Waals surface area contributed by atoms with Crippen LogP contribution in [0.25, 0.3) is 32.2 Å². The summed E-state index contributed by atoms with van der Waals surface area (Å²) in [5.74, 6) is -0.700. The zero-order valence-corrected chi connectivity index (χ0v) is 22.2. The number of fused-ring (bicyclic) bond motifs is 4. The number of likely N-dealkylation sites (N-methyl/N-ethyl adjacent to an activating group) is 1. The van der Waals surface area contributed by atoms with Gasteiger partial charge in [0, 0.05) is 67.8 Å². The molecule has 4 aromatic rings. The number of nitriles is 1. The van der Waals surface area contributed by atoms with Gasteiger partial charge in [-0.25, -0.2) is 18.7 Å². The Balaban J connectivity index is 1.34. The predicted octanol–water partition coefficient (Wildman–Crippen LogP) is 3.49. The third kappa shape index (κ3) is 3.83. The fourth-order valence-electron chi connectivity index (χ4n) is 6.10. The average Bonchev–Trinajstić information content (AvgIpc) is 3.69. The normalized spacial score (nSPS) is 20.3. The highest BCUT2D eigenvalue weighted by Crippen LogP contribution is 2.45. The number of rotatable bonds is 3. The molecule has 39 heavy (non-hydrogen) atoms. The molecule has 6 heterocycles. The second kappa shape index (κ2) is 9.31. The van der Waals surface area contributed by atoms with E-state index in [1.165, 1.54) is 0 Å². The van der Waals surface area contributed by atoms with Crippen LogP contribution in [0.1, 0.15) is 23.1 Å². The highest BCUT2D eigenvalue weighted by Gasteiger charge is 2.33. The Morgan fingerprint density at radius 3 is 2.69 bits per heavy atom. The third-order valence-electron chi connectivity index (χ3n) is 8.23. The molecule has 0 saturated carbocycles. The lowest BCUT2D eigenvalue weighted by Gasteiger charge is -2.36. The van der Waals surface area contributed by atoms with Gasteiger partial charge in [-0.2, -0.15) is 5.26 Å². The molecule has 3 aromatic heterocycles. The second-order valence-electron chi connectivity index (χ2n) is 10.4. The van der Waals surface area contributed by atoms with Crippen molar-refractivity contribution in [1.82, 2.24) is 24.8 Å². The topological polar surface area (TPSA) is 107 Å². The number of halogens is 2. The van der Waals surface area contributed by atoms with E-state index in [1.54, 1.807) is 6.20 Å². The molecule has 200 valence electrons. The molecule has 7 rings (SSSR count). The first kappa shape index (κ1) is 24.5. The molecule has 1 aromatic carbocycles. The molecule has 0 radical (unpaired) electrons. The van der Waals surface area contributed by atoms with E-state index in [4.69, 9.17) is 15.5 Å². The van der Waals surface area contributed by atoms with Crippen molar-refractivity contribution in [2.75, 3.05) is 56.9 Å². The summed E-state index contributed by atoms with van der Waals surface area (Å²) in [5, 5.41) is 10.7. The summed E-state index contributed by atoms with van der Waals surface area (Å²) in [7, 11) is 2.15. The first-order valence-corrected chi connectivity index (χ1v) is 13.8. The summed E-state index contributed by atoms with van der Waals surface area (Å²) in [5.41, 5.74) is 8.05. The fraction of sp³-hybridized carbons (Fsp3) is 0.407. The molecule has 0 bridgehead atoms. The lowest BCUT2D eigenvalue weighted by Crippen LogP contribution is -2.49. The Hall–Kier alpha value is -3.50. The van der Waals surface area contributed by atoms with Crippen LogP contribution < -0.4 is 10.6 Å². The van der Waals surface area contributed by atoms with Gasteiger partial charge in [0.15, 0.2) is 11.6 Å². The van der Waals surface area contributed by atoms with Gasteiger partial charge in [-0.15, -0.1) is 11.3 Å². The van der Waals surface area contributed by atoms with Crippen molar-refractivity contribution in [1.29, 1.82) is 5.26 Å². The summed E-state index contributed by atoms with van der Waals surface area (Å²) in [4.78, 5) is 20.6. The SMILES string of the molecule is CN1CCN([C@H]2CCN(c3ncc4c5c(c(-c6ncc(F)c7sc(N)c(C#N)c67)c(F)c4n3)COC5)C2)CC1. The summed E-state index contributed by atoms with van der Waals surface area (Å²) >= 11 is 0.960. The van der Waals surface area contributed by atoms with Crippen LogP contribution in [0.3, 0.4) is 0 Å². The molecule has 2 saturated heterocycles. The quantitative estimate of drug-likeness (QED) is 0.412. The van der Waals surface area contributed by atoms with Gasteiger partial charge in [-0.05, 0) is 24.6 Å². The van der Waals surface area contributed by atoms with Crippen LogP contribution >= 0.6 is 11.3 Å². The third-order valence-corrected chi connectivity index (χ3v) is 9.26. The van der Waals surface area contributed by atoms with E-state index in [-0.39, 0.29) is 50.6 Å². The lowest BCUT2D eigenvalue weighted by atomic mass is 9.94. The number of pyridine rings is 1. The van der Waals surface area contributed by atoms with Crippen molar-refractivity contribution in [2.45, 2.75) is 25.7 Å². The molecule has 0 aliphatic carbocycles. The zero-order chi connectivity index (χ0) is 26.8. The Morgan fingerprint density at radius 2 is 1.90 bits per heavy atom. The van der Waals surface area contributed by atoms with Crippen LogP contribution in [-0.4, -0.2) is 77.1 Å². The number of hydrogen-bond acceptors (Lipinski definition) is 10. The monoisotopic (exact) mass is 548 g/mol. The van der Waals surface area contributed by atoms with Gasteiger partial charge >= 0.3 is 0 Å². The number of nitrogen functional groups attached to an aromatic ring is 1. The maximum Gasteiger partial charge on any atom is 0.226 e. The van der Waals surface area contributed by atoms with Gasteiger partial charge in [-0.1, -0.05) is 0 Å².